The van der Waals surface area contributed by atoms with Crippen molar-refractivity contribution in [2.45, 2.75) is 6.92 Å². The van der Waals surface area contributed by atoms with Crippen molar-refractivity contribution in [1.82, 2.24) is 0 Å². The molecule has 1 N–H and O–H groups in total. The number of carbonyl (C=O) groups excluding carboxylic acids is 1. The fourth-order valence-electron chi connectivity index (χ4n) is 2.02. The van der Waals surface area contributed by atoms with E-state index in [9.17, 15) is 10.1 Å². The maximum atomic E-state index is 12.3. The van der Waals surface area contributed by atoms with Crippen LogP contribution >= 0.6 is 23.2 Å². The second-order valence-electron chi connectivity index (χ2n) is 5.02. The number of hydrogen-bond acceptors (Lipinski definition) is 2. The number of hydrogen-bond donors (Lipinski definition) is 1. The average Bonchev–Trinajstić information content (AvgIpc) is 2.57. The van der Waals surface area contributed by atoms with Crippen molar-refractivity contribution in [3.05, 3.63) is 81.4 Å². The Hall–Kier alpha value is -2.54. The van der Waals surface area contributed by atoms with Gasteiger partial charge < -0.3 is 5.32 Å². The van der Waals surface area contributed by atoms with Crippen LogP contribution in [0.15, 0.2) is 65.8 Å². The third-order valence-corrected chi connectivity index (χ3v) is 3.95. The quantitative estimate of drug-likeness (QED) is 0.447. The summed E-state index contributed by atoms with van der Waals surface area (Å²) >= 11 is 12.0. The van der Waals surface area contributed by atoms with Gasteiger partial charge in [0.25, 0.3) is 5.91 Å². The van der Waals surface area contributed by atoms with Gasteiger partial charge in [-0.2, -0.15) is 5.26 Å². The van der Waals surface area contributed by atoms with Gasteiger partial charge in [0.05, 0.1) is 15.7 Å². The molecule has 0 fully saturated rings. The molecule has 5 heteroatoms. The zero-order valence-electron chi connectivity index (χ0n) is 12.9. The van der Waals surface area contributed by atoms with Crippen LogP contribution < -0.4 is 5.32 Å². The molecule has 2 aromatic carbocycles. The third-order valence-electron chi connectivity index (χ3n) is 3.13. The molecule has 1 amide bonds. The number of amides is 1. The van der Waals surface area contributed by atoms with Gasteiger partial charge >= 0.3 is 0 Å². The molecule has 0 atom stereocenters. The van der Waals surface area contributed by atoms with Crippen LogP contribution in [0.3, 0.4) is 0 Å². The Morgan fingerprint density at radius 3 is 2.50 bits per heavy atom. The Balaban J connectivity index is 2.21. The highest BCUT2D eigenvalue weighted by molar-refractivity contribution is 6.44. The molecule has 2 rings (SSSR count). The summed E-state index contributed by atoms with van der Waals surface area (Å²) in [6, 6.07) is 16.4. The largest absolute Gasteiger partial charge is 0.320 e. The van der Waals surface area contributed by atoms with Gasteiger partial charge in [-0.15, -0.1) is 0 Å². The minimum Gasteiger partial charge on any atom is -0.320 e. The molecule has 0 aliphatic heterocycles. The average molecular weight is 357 g/mol. The maximum absolute atomic E-state index is 12.3. The smallest absolute Gasteiger partial charge is 0.266 e. The van der Waals surface area contributed by atoms with E-state index in [4.69, 9.17) is 23.2 Å². The Morgan fingerprint density at radius 2 is 1.83 bits per heavy atom. The Bertz CT molecular complexity index is 849. The van der Waals surface area contributed by atoms with Crippen molar-refractivity contribution >= 4 is 40.9 Å². The van der Waals surface area contributed by atoms with E-state index < -0.39 is 5.91 Å². The van der Waals surface area contributed by atoms with Crippen LogP contribution in [-0.4, -0.2) is 5.91 Å². The van der Waals surface area contributed by atoms with Gasteiger partial charge in [0.2, 0.25) is 0 Å². The summed E-state index contributed by atoms with van der Waals surface area (Å²) in [6.07, 6.45) is 3.41. The second-order valence-corrected chi connectivity index (χ2v) is 5.81. The highest BCUT2D eigenvalue weighted by Crippen LogP contribution is 2.29. The zero-order chi connectivity index (χ0) is 17.5. The highest BCUT2D eigenvalue weighted by Gasteiger charge is 2.12. The molecule has 0 unspecified atom stereocenters. The molecule has 0 radical (unpaired) electrons. The molecular weight excluding hydrogens is 343 g/mol. The number of anilines is 1. The topological polar surface area (TPSA) is 52.9 Å². The molecule has 2 aromatic rings. The van der Waals surface area contributed by atoms with Gasteiger partial charge in [0.15, 0.2) is 0 Å². The van der Waals surface area contributed by atoms with Crippen molar-refractivity contribution in [3.8, 4) is 6.07 Å². The predicted octanol–water partition coefficient (Wildman–Crippen LogP) is 5.49. The fraction of sp³-hybridized carbons (Fsp3) is 0.0526. The summed E-state index contributed by atoms with van der Waals surface area (Å²) in [4.78, 5) is 12.3. The molecule has 0 aromatic heterocycles. The summed E-state index contributed by atoms with van der Waals surface area (Å²) in [5.74, 6) is -0.539. The minimum atomic E-state index is -0.539. The molecule has 0 spiro atoms. The monoisotopic (exact) mass is 356 g/mol. The number of benzene rings is 2. The van der Waals surface area contributed by atoms with Crippen molar-refractivity contribution in [1.29, 1.82) is 5.26 Å². The number of carbonyl (C=O) groups is 1. The van der Waals surface area contributed by atoms with E-state index in [0.717, 1.165) is 11.1 Å². The molecule has 0 aliphatic carbocycles. The van der Waals surface area contributed by atoms with Crippen LogP contribution in [0.25, 0.3) is 6.08 Å². The fourth-order valence-corrected chi connectivity index (χ4v) is 2.37. The molecule has 3 nitrogen and oxygen atoms in total. The summed E-state index contributed by atoms with van der Waals surface area (Å²) < 4.78 is 0. The first kappa shape index (κ1) is 17.8. The lowest BCUT2D eigenvalue weighted by atomic mass is 10.1. The van der Waals surface area contributed by atoms with E-state index in [1.807, 2.05) is 49.4 Å². The number of nitrogens with zero attached hydrogens (tertiary/aromatic N) is 1. The number of nitrogens with one attached hydrogen (secondary N) is 1. The van der Waals surface area contributed by atoms with Crippen molar-refractivity contribution in [2.24, 2.45) is 0 Å². The van der Waals surface area contributed by atoms with Crippen LogP contribution in [0.2, 0.25) is 10.0 Å². The number of nitriles is 1. The normalized spacial score (nSPS) is 11.8. The number of allylic oxidation sites excluding steroid dienone is 2. The molecule has 24 heavy (non-hydrogen) atoms. The molecule has 120 valence electrons. The van der Waals surface area contributed by atoms with Gasteiger partial charge in [-0.1, -0.05) is 65.7 Å². The molecule has 0 heterocycles. The van der Waals surface area contributed by atoms with Crippen LogP contribution in [0.4, 0.5) is 5.69 Å². The van der Waals surface area contributed by atoms with Crippen molar-refractivity contribution in [2.75, 3.05) is 5.32 Å². The summed E-state index contributed by atoms with van der Waals surface area (Å²) in [7, 11) is 0. The van der Waals surface area contributed by atoms with Gasteiger partial charge in [0, 0.05) is 0 Å². The van der Waals surface area contributed by atoms with Gasteiger partial charge in [0.1, 0.15) is 11.6 Å². The van der Waals surface area contributed by atoms with E-state index in [1.165, 1.54) is 6.08 Å². The van der Waals surface area contributed by atoms with Crippen molar-refractivity contribution < 1.29 is 4.79 Å². The summed E-state index contributed by atoms with van der Waals surface area (Å²) in [5.41, 5.74) is 2.11. The maximum Gasteiger partial charge on any atom is 0.266 e. The standard InChI is InChI=1S/C19H14Cl2N2O/c1-13(10-14-6-3-2-4-7-14)11-15(12-22)19(24)23-17-9-5-8-16(20)18(17)21/h2-11H,1H3,(H,23,24)/b13-10+,15-11+. The van der Waals surface area contributed by atoms with Gasteiger partial charge in [-0.25, -0.2) is 0 Å². The van der Waals surface area contributed by atoms with Crippen molar-refractivity contribution in [3.63, 3.8) is 0 Å². The van der Waals surface area contributed by atoms with Crippen LogP contribution in [0.1, 0.15) is 12.5 Å². The SMILES string of the molecule is CC(=C\c1ccccc1)/C=C(\C#N)C(=O)Nc1cccc(Cl)c1Cl. The lowest BCUT2D eigenvalue weighted by Crippen LogP contribution is -2.14. The van der Waals surface area contributed by atoms with Crippen LogP contribution in [-0.2, 0) is 4.79 Å². The number of rotatable bonds is 4. The number of halogens is 2. The summed E-state index contributed by atoms with van der Waals surface area (Å²) in [5, 5.41) is 12.4. The Kier molecular flexibility index (Phi) is 6.20. The van der Waals surface area contributed by atoms with E-state index in [1.54, 1.807) is 18.2 Å². The van der Waals surface area contributed by atoms with E-state index in [0.29, 0.717) is 10.7 Å². The molecule has 0 saturated carbocycles. The molecule has 0 saturated heterocycles. The first-order valence-electron chi connectivity index (χ1n) is 7.12. The van der Waals surface area contributed by atoms with Gasteiger partial charge in [-0.05, 0) is 36.3 Å². The zero-order valence-corrected chi connectivity index (χ0v) is 14.4. The lowest BCUT2D eigenvalue weighted by Gasteiger charge is -2.07. The Labute approximate surface area is 150 Å². The van der Waals surface area contributed by atoms with Gasteiger partial charge in [-0.3, -0.25) is 4.79 Å². The van der Waals surface area contributed by atoms with Crippen LogP contribution in [0, 0.1) is 11.3 Å². The van der Waals surface area contributed by atoms with E-state index in [2.05, 4.69) is 5.32 Å². The van der Waals surface area contributed by atoms with E-state index in [-0.39, 0.29) is 10.6 Å². The molecular formula is C19H14Cl2N2O. The Morgan fingerprint density at radius 1 is 1.12 bits per heavy atom. The molecule has 0 aliphatic rings. The second kappa shape index (κ2) is 8.35. The third kappa shape index (κ3) is 4.73. The first-order chi connectivity index (χ1) is 11.5. The first-order valence-corrected chi connectivity index (χ1v) is 7.87. The minimum absolute atomic E-state index is 0.0178. The lowest BCUT2D eigenvalue weighted by molar-refractivity contribution is -0.112. The summed E-state index contributed by atoms with van der Waals surface area (Å²) in [6.45, 7) is 1.82. The predicted molar refractivity (Wildman–Crippen MR) is 98.9 cm³/mol. The molecule has 0 bridgehead atoms. The highest BCUT2D eigenvalue weighted by atomic mass is 35.5. The van der Waals surface area contributed by atoms with Crippen LogP contribution in [0.5, 0.6) is 0 Å². The van der Waals surface area contributed by atoms with E-state index >= 15 is 0 Å².